The van der Waals surface area contributed by atoms with Gasteiger partial charge in [0.1, 0.15) is 5.75 Å². The standard InChI is InChI=1S/C33H43N3O5/c1-6-33(7-2,32(39)41-5)21-34-31(38)24-13-12-23(29(18-24)40-4)17-25-20-36(3)28-15-14-26(19-27(25)28)35-30(37)16-22-10-8-9-11-22/h12-15,18-20,22H,6-11,16-17,21H2,1-5H3,(H,34,38)(H,35,37). The molecule has 1 saturated carbocycles. The predicted molar refractivity (Wildman–Crippen MR) is 161 cm³/mol. The number of hydrogen-bond acceptors (Lipinski definition) is 5. The van der Waals surface area contributed by atoms with Crippen molar-refractivity contribution in [1.82, 2.24) is 9.88 Å². The predicted octanol–water partition coefficient (Wildman–Crippen LogP) is 6.01. The number of anilines is 1. The van der Waals surface area contributed by atoms with Crippen LogP contribution in [0.5, 0.6) is 5.75 Å². The molecule has 0 spiro atoms. The van der Waals surface area contributed by atoms with Gasteiger partial charge in [-0.1, -0.05) is 32.8 Å². The molecule has 0 radical (unpaired) electrons. The number of amides is 2. The summed E-state index contributed by atoms with van der Waals surface area (Å²) in [5.41, 5.74) is 3.62. The molecule has 1 aliphatic carbocycles. The van der Waals surface area contributed by atoms with Crippen LogP contribution >= 0.6 is 0 Å². The summed E-state index contributed by atoms with van der Waals surface area (Å²) in [7, 11) is 4.98. The minimum Gasteiger partial charge on any atom is -0.496 e. The van der Waals surface area contributed by atoms with Gasteiger partial charge < -0.3 is 24.7 Å². The molecule has 2 aromatic carbocycles. The van der Waals surface area contributed by atoms with E-state index >= 15 is 0 Å². The number of carbonyl (C=O) groups excluding carboxylic acids is 3. The lowest BCUT2D eigenvalue weighted by molar-refractivity contribution is -0.153. The van der Waals surface area contributed by atoms with E-state index < -0.39 is 5.41 Å². The quantitative estimate of drug-likeness (QED) is 0.264. The van der Waals surface area contributed by atoms with Crippen molar-refractivity contribution in [2.45, 2.75) is 65.2 Å². The molecule has 0 bridgehead atoms. The van der Waals surface area contributed by atoms with Gasteiger partial charge in [-0.15, -0.1) is 0 Å². The van der Waals surface area contributed by atoms with E-state index in [1.54, 1.807) is 19.2 Å². The van der Waals surface area contributed by atoms with Crippen molar-refractivity contribution in [1.29, 1.82) is 0 Å². The summed E-state index contributed by atoms with van der Waals surface area (Å²) in [4.78, 5) is 38.1. The summed E-state index contributed by atoms with van der Waals surface area (Å²) >= 11 is 0. The second-order valence-corrected chi connectivity index (χ2v) is 11.3. The monoisotopic (exact) mass is 561 g/mol. The van der Waals surface area contributed by atoms with Gasteiger partial charge in [0.05, 0.1) is 19.6 Å². The van der Waals surface area contributed by atoms with E-state index in [-0.39, 0.29) is 24.3 Å². The number of carbonyl (C=O) groups is 3. The maximum Gasteiger partial charge on any atom is 0.313 e. The smallest absolute Gasteiger partial charge is 0.313 e. The molecule has 0 saturated heterocycles. The zero-order valence-corrected chi connectivity index (χ0v) is 25.0. The highest BCUT2D eigenvalue weighted by Gasteiger charge is 2.36. The maximum absolute atomic E-state index is 13.0. The van der Waals surface area contributed by atoms with Crippen LogP contribution in [-0.2, 0) is 27.8 Å². The van der Waals surface area contributed by atoms with Crippen LogP contribution in [0.4, 0.5) is 5.69 Å². The fraction of sp³-hybridized carbons (Fsp3) is 0.485. The molecule has 3 aromatic rings. The first-order valence-electron chi connectivity index (χ1n) is 14.6. The number of hydrogen-bond donors (Lipinski definition) is 2. The first kappa shape index (κ1) is 30.2. The lowest BCUT2D eigenvalue weighted by Crippen LogP contribution is -2.43. The molecule has 0 aliphatic heterocycles. The second kappa shape index (κ2) is 13.2. The molecule has 220 valence electrons. The molecule has 8 nitrogen and oxygen atoms in total. The Morgan fingerprint density at radius 3 is 2.39 bits per heavy atom. The second-order valence-electron chi connectivity index (χ2n) is 11.3. The number of nitrogens with zero attached hydrogens (tertiary/aromatic N) is 1. The van der Waals surface area contributed by atoms with Crippen LogP contribution in [0, 0.1) is 11.3 Å². The maximum atomic E-state index is 13.0. The highest BCUT2D eigenvalue weighted by Crippen LogP contribution is 2.32. The fourth-order valence-corrected chi connectivity index (χ4v) is 6.05. The van der Waals surface area contributed by atoms with E-state index in [0.29, 0.717) is 42.9 Å². The van der Waals surface area contributed by atoms with Gasteiger partial charge in [-0.05, 0) is 73.1 Å². The Balaban J connectivity index is 1.50. The molecule has 0 unspecified atom stereocenters. The van der Waals surface area contributed by atoms with Gasteiger partial charge in [0, 0.05) is 54.8 Å². The van der Waals surface area contributed by atoms with Gasteiger partial charge in [0.15, 0.2) is 0 Å². The number of fused-ring (bicyclic) bond motifs is 1. The van der Waals surface area contributed by atoms with Crippen LogP contribution in [-0.4, -0.2) is 43.1 Å². The number of benzene rings is 2. The molecule has 1 aromatic heterocycles. The lowest BCUT2D eigenvalue weighted by atomic mass is 9.82. The van der Waals surface area contributed by atoms with E-state index in [1.807, 2.05) is 45.2 Å². The summed E-state index contributed by atoms with van der Waals surface area (Å²) in [5, 5.41) is 7.08. The molecule has 0 atom stereocenters. The average molecular weight is 562 g/mol. The summed E-state index contributed by atoms with van der Waals surface area (Å²) in [6.07, 6.45) is 9.13. The number of esters is 1. The molecule has 8 heteroatoms. The SMILES string of the molecule is CCC(CC)(CNC(=O)c1ccc(Cc2cn(C)c3ccc(NC(=O)CC4CCCC4)cc23)c(OC)c1)C(=O)OC. The van der Waals surface area contributed by atoms with Crippen LogP contribution in [0.2, 0.25) is 0 Å². The van der Waals surface area contributed by atoms with E-state index in [4.69, 9.17) is 9.47 Å². The Kier molecular flexibility index (Phi) is 9.73. The summed E-state index contributed by atoms with van der Waals surface area (Å²) < 4.78 is 12.8. The molecule has 1 heterocycles. The van der Waals surface area contributed by atoms with Crippen LogP contribution in [0.25, 0.3) is 10.9 Å². The van der Waals surface area contributed by atoms with Gasteiger partial charge in [-0.3, -0.25) is 14.4 Å². The molecule has 1 fully saturated rings. The third-order valence-corrected chi connectivity index (χ3v) is 8.79. The van der Waals surface area contributed by atoms with Crippen LogP contribution in [0.15, 0.2) is 42.6 Å². The Bertz CT molecular complexity index is 1400. The van der Waals surface area contributed by atoms with Gasteiger partial charge in [-0.2, -0.15) is 0 Å². The number of rotatable bonds is 12. The van der Waals surface area contributed by atoms with Crippen molar-refractivity contribution in [3.8, 4) is 5.75 Å². The van der Waals surface area contributed by atoms with Crippen LogP contribution in [0.3, 0.4) is 0 Å². The number of aromatic nitrogens is 1. The van der Waals surface area contributed by atoms with Gasteiger partial charge in [-0.25, -0.2) is 0 Å². The zero-order chi connectivity index (χ0) is 29.6. The number of aryl methyl sites for hydroxylation is 1. The molecular weight excluding hydrogens is 518 g/mol. The highest BCUT2D eigenvalue weighted by atomic mass is 16.5. The molecule has 41 heavy (non-hydrogen) atoms. The average Bonchev–Trinajstić information content (AvgIpc) is 3.60. The number of methoxy groups -OCH3 is 2. The minimum atomic E-state index is -0.752. The van der Waals surface area contributed by atoms with Crippen molar-refractivity contribution < 1.29 is 23.9 Å². The van der Waals surface area contributed by atoms with Gasteiger partial charge in [0.25, 0.3) is 5.91 Å². The minimum absolute atomic E-state index is 0.0750. The number of ether oxygens (including phenoxy) is 2. The third-order valence-electron chi connectivity index (χ3n) is 8.79. The van der Waals surface area contributed by atoms with Gasteiger partial charge in [0.2, 0.25) is 5.91 Å². The Morgan fingerprint density at radius 2 is 1.73 bits per heavy atom. The first-order valence-corrected chi connectivity index (χ1v) is 14.6. The molecule has 1 aliphatic rings. The van der Waals surface area contributed by atoms with Crippen LogP contribution in [0.1, 0.15) is 80.3 Å². The van der Waals surface area contributed by atoms with E-state index in [2.05, 4.69) is 21.4 Å². The Hall–Kier alpha value is -3.81. The van der Waals surface area contributed by atoms with E-state index in [9.17, 15) is 14.4 Å². The highest BCUT2D eigenvalue weighted by molar-refractivity contribution is 5.96. The lowest BCUT2D eigenvalue weighted by Gasteiger charge is -2.28. The Labute approximate surface area is 242 Å². The van der Waals surface area contributed by atoms with E-state index in [0.717, 1.165) is 40.6 Å². The molecule has 2 amide bonds. The van der Waals surface area contributed by atoms with Crippen molar-refractivity contribution in [2.75, 3.05) is 26.1 Å². The van der Waals surface area contributed by atoms with Crippen molar-refractivity contribution >= 4 is 34.4 Å². The fourth-order valence-electron chi connectivity index (χ4n) is 6.05. The van der Waals surface area contributed by atoms with E-state index in [1.165, 1.54) is 20.0 Å². The third kappa shape index (κ3) is 6.75. The molecular formula is C33H43N3O5. The van der Waals surface area contributed by atoms with Crippen LogP contribution < -0.4 is 15.4 Å². The van der Waals surface area contributed by atoms with Crippen molar-refractivity contribution in [3.63, 3.8) is 0 Å². The van der Waals surface area contributed by atoms with Crippen molar-refractivity contribution in [3.05, 3.63) is 59.3 Å². The van der Waals surface area contributed by atoms with Gasteiger partial charge >= 0.3 is 5.97 Å². The Morgan fingerprint density at radius 1 is 1.00 bits per heavy atom. The largest absolute Gasteiger partial charge is 0.496 e. The summed E-state index contributed by atoms with van der Waals surface area (Å²) in [5.74, 6) is 0.597. The summed E-state index contributed by atoms with van der Waals surface area (Å²) in [6, 6.07) is 11.5. The topological polar surface area (TPSA) is 98.7 Å². The van der Waals surface area contributed by atoms with Crippen molar-refractivity contribution in [2.24, 2.45) is 18.4 Å². The first-order chi connectivity index (χ1) is 19.7. The molecule has 2 N–H and O–H groups in total. The summed E-state index contributed by atoms with van der Waals surface area (Å²) in [6.45, 7) is 4.04. The molecule has 4 rings (SSSR count). The number of nitrogens with one attached hydrogen (secondary N) is 2. The zero-order valence-electron chi connectivity index (χ0n) is 25.0. The normalized spacial score (nSPS) is 13.8.